The summed E-state index contributed by atoms with van der Waals surface area (Å²) in [6.07, 6.45) is 0. The van der Waals surface area contributed by atoms with Crippen molar-refractivity contribution in [3.8, 4) is 0 Å². The Balaban J connectivity index is 3.07. The van der Waals surface area contributed by atoms with E-state index in [-0.39, 0.29) is 10.9 Å². The van der Waals surface area contributed by atoms with Crippen LogP contribution in [0, 0.1) is 19.3 Å². The maximum Gasteiger partial charge on any atom is 0.236 e. The molecule has 98 valence electrons. The Morgan fingerprint density at radius 3 is 2.39 bits per heavy atom. The molecule has 0 heterocycles. The van der Waals surface area contributed by atoms with Crippen molar-refractivity contribution in [2.24, 2.45) is 11.1 Å². The molecule has 5 heteroatoms. The van der Waals surface area contributed by atoms with Crippen molar-refractivity contribution in [1.29, 1.82) is 0 Å². The van der Waals surface area contributed by atoms with Crippen molar-refractivity contribution in [2.75, 3.05) is 5.32 Å². The lowest BCUT2D eigenvalue weighted by atomic mass is 9.92. The zero-order valence-corrected chi connectivity index (χ0v) is 13.3. The molecule has 3 N–H and O–H groups in total. The lowest BCUT2D eigenvalue weighted by Gasteiger charge is -2.23. The van der Waals surface area contributed by atoms with Crippen LogP contribution in [0.4, 0.5) is 5.69 Å². The molecule has 0 unspecified atom stereocenters. The standard InChI is InChI=1S/C13H17BrN2OS/c1-7-5-8(2)10(9(14)6-7)16-12(17)13(3,4)11(15)18/h5-6H,1-4H3,(H2,15,18)(H,16,17). The van der Waals surface area contributed by atoms with E-state index >= 15 is 0 Å². The number of aryl methyl sites for hydroxylation is 2. The van der Waals surface area contributed by atoms with Crippen LogP contribution in [0.2, 0.25) is 0 Å². The van der Waals surface area contributed by atoms with Gasteiger partial charge in [-0.15, -0.1) is 0 Å². The Labute approximate surface area is 121 Å². The molecule has 0 aliphatic heterocycles. The number of hydrogen-bond acceptors (Lipinski definition) is 2. The van der Waals surface area contributed by atoms with Gasteiger partial charge in [-0.1, -0.05) is 18.3 Å². The molecule has 0 saturated heterocycles. The van der Waals surface area contributed by atoms with Crippen molar-refractivity contribution >= 4 is 44.7 Å². The number of anilines is 1. The molecule has 0 radical (unpaired) electrons. The first kappa shape index (κ1) is 15.1. The van der Waals surface area contributed by atoms with Crippen molar-refractivity contribution in [3.05, 3.63) is 27.7 Å². The number of rotatable bonds is 3. The molecule has 1 aromatic carbocycles. The second kappa shape index (κ2) is 5.36. The van der Waals surface area contributed by atoms with Crippen molar-refractivity contribution < 1.29 is 4.79 Å². The molecule has 0 fully saturated rings. The minimum atomic E-state index is -0.869. The monoisotopic (exact) mass is 328 g/mol. The number of amides is 1. The zero-order valence-electron chi connectivity index (χ0n) is 10.9. The van der Waals surface area contributed by atoms with Crippen LogP contribution >= 0.6 is 28.1 Å². The van der Waals surface area contributed by atoms with E-state index in [1.165, 1.54) is 0 Å². The van der Waals surface area contributed by atoms with Gasteiger partial charge in [-0.05, 0) is 60.8 Å². The summed E-state index contributed by atoms with van der Waals surface area (Å²) in [4.78, 5) is 12.3. The van der Waals surface area contributed by atoms with Gasteiger partial charge in [0.25, 0.3) is 0 Å². The minimum absolute atomic E-state index is 0.181. The molecule has 0 spiro atoms. The number of carbonyl (C=O) groups excluding carboxylic acids is 1. The van der Waals surface area contributed by atoms with Crippen molar-refractivity contribution in [1.82, 2.24) is 0 Å². The Bertz CT molecular complexity index is 489. The topological polar surface area (TPSA) is 55.1 Å². The molecule has 0 aliphatic rings. The van der Waals surface area contributed by atoms with E-state index in [0.717, 1.165) is 21.3 Å². The summed E-state index contributed by atoms with van der Waals surface area (Å²) in [6, 6.07) is 3.96. The first-order chi connectivity index (χ1) is 8.16. The van der Waals surface area contributed by atoms with Crippen LogP contribution in [-0.2, 0) is 4.79 Å². The van der Waals surface area contributed by atoms with Crippen molar-refractivity contribution in [3.63, 3.8) is 0 Å². The lowest BCUT2D eigenvalue weighted by molar-refractivity contribution is -0.121. The van der Waals surface area contributed by atoms with Crippen LogP contribution in [0.5, 0.6) is 0 Å². The van der Waals surface area contributed by atoms with E-state index < -0.39 is 5.41 Å². The molecule has 1 aromatic rings. The molecule has 18 heavy (non-hydrogen) atoms. The number of halogens is 1. The normalized spacial score (nSPS) is 11.2. The Hall–Kier alpha value is -0.940. The summed E-state index contributed by atoms with van der Waals surface area (Å²) < 4.78 is 0.854. The molecule has 1 amide bonds. The third-order valence-corrected chi connectivity index (χ3v) is 3.99. The highest BCUT2D eigenvalue weighted by Gasteiger charge is 2.31. The SMILES string of the molecule is Cc1cc(C)c(NC(=O)C(C)(C)C(N)=S)c(Br)c1. The highest BCUT2D eigenvalue weighted by molar-refractivity contribution is 9.10. The van der Waals surface area contributed by atoms with Gasteiger partial charge < -0.3 is 11.1 Å². The van der Waals surface area contributed by atoms with Crippen LogP contribution in [0.15, 0.2) is 16.6 Å². The van der Waals surface area contributed by atoms with Gasteiger partial charge in [-0.2, -0.15) is 0 Å². The summed E-state index contributed by atoms with van der Waals surface area (Å²) in [7, 11) is 0. The van der Waals surface area contributed by atoms with Gasteiger partial charge in [0.1, 0.15) is 0 Å². The Morgan fingerprint density at radius 1 is 1.39 bits per heavy atom. The molecule has 0 aromatic heterocycles. The van der Waals surface area contributed by atoms with Crippen LogP contribution in [0.1, 0.15) is 25.0 Å². The molecular formula is C13H17BrN2OS. The van der Waals surface area contributed by atoms with Gasteiger partial charge in [-0.3, -0.25) is 4.79 Å². The molecule has 0 saturated carbocycles. The van der Waals surface area contributed by atoms with Crippen LogP contribution in [0.3, 0.4) is 0 Å². The molecule has 1 rings (SSSR count). The van der Waals surface area contributed by atoms with Crippen LogP contribution in [0.25, 0.3) is 0 Å². The summed E-state index contributed by atoms with van der Waals surface area (Å²) in [5.74, 6) is -0.206. The van der Waals surface area contributed by atoms with E-state index in [1.54, 1.807) is 13.8 Å². The fourth-order valence-corrected chi connectivity index (χ4v) is 2.32. The number of benzene rings is 1. The molecule has 0 aliphatic carbocycles. The molecule has 0 bridgehead atoms. The second-order valence-electron chi connectivity index (χ2n) is 4.88. The van der Waals surface area contributed by atoms with E-state index in [2.05, 4.69) is 21.2 Å². The van der Waals surface area contributed by atoms with Gasteiger partial charge >= 0.3 is 0 Å². The van der Waals surface area contributed by atoms with E-state index in [4.69, 9.17) is 18.0 Å². The first-order valence-electron chi connectivity index (χ1n) is 5.54. The molecular weight excluding hydrogens is 312 g/mol. The van der Waals surface area contributed by atoms with Gasteiger partial charge in [0.15, 0.2) is 0 Å². The fourth-order valence-electron chi connectivity index (χ4n) is 1.46. The van der Waals surface area contributed by atoms with Gasteiger partial charge in [0.2, 0.25) is 5.91 Å². The molecule has 0 atom stereocenters. The van der Waals surface area contributed by atoms with Gasteiger partial charge in [-0.25, -0.2) is 0 Å². The smallest absolute Gasteiger partial charge is 0.236 e. The maximum atomic E-state index is 12.2. The first-order valence-corrected chi connectivity index (χ1v) is 6.74. The average molecular weight is 329 g/mol. The van der Waals surface area contributed by atoms with Crippen LogP contribution in [-0.4, -0.2) is 10.9 Å². The van der Waals surface area contributed by atoms with Crippen LogP contribution < -0.4 is 11.1 Å². The summed E-state index contributed by atoms with van der Waals surface area (Å²) >= 11 is 8.37. The van der Waals surface area contributed by atoms with E-state index in [0.29, 0.717) is 0 Å². The predicted octanol–water partition coefficient (Wildman–Crippen LogP) is 3.32. The Kier molecular flexibility index (Phi) is 4.50. The summed E-state index contributed by atoms with van der Waals surface area (Å²) in [5, 5.41) is 2.87. The average Bonchev–Trinajstić information content (AvgIpc) is 2.22. The predicted molar refractivity (Wildman–Crippen MR) is 82.8 cm³/mol. The lowest BCUT2D eigenvalue weighted by Crippen LogP contribution is -2.41. The number of carbonyl (C=O) groups is 1. The van der Waals surface area contributed by atoms with E-state index in [9.17, 15) is 4.79 Å². The highest BCUT2D eigenvalue weighted by Crippen LogP contribution is 2.29. The zero-order chi connectivity index (χ0) is 14.1. The fraction of sp³-hybridized carbons (Fsp3) is 0.385. The van der Waals surface area contributed by atoms with Gasteiger partial charge in [0, 0.05) is 4.47 Å². The highest BCUT2D eigenvalue weighted by atomic mass is 79.9. The van der Waals surface area contributed by atoms with Gasteiger partial charge in [0.05, 0.1) is 16.1 Å². The number of nitrogens with one attached hydrogen (secondary N) is 1. The minimum Gasteiger partial charge on any atom is -0.392 e. The third kappa shape index (κ3) is 3.09. The van der Waals surface area contributed by atoms with E-state index in [1.807, 2.05) is 26.0 Å². The summed E-state index contributed by atoms with van der Waals surface area (Å²) in [6.45, 7) is 7.37. The van der Waals surface area contributed by atoms with Crippen molar-refractivity contribution in [2.45, 2.75) is 27.7 Å². The largest absolute Gasteiger partial charge is 0.392 e. The number of thiocarbonyl (C=S) groups is 1. The number of nitrogens with two attached hydrogens (primary N) is 1. The Morgan fingerprint density at radius 2 is 1.94 bits per heavy atom. The number of hydrogen-bond donors (Lipinski definition) is 2. The summed E-state index contributed by atoms with van der Waals surface area (Å²) in [5.41, 5.74) is 7.60. The third-order valence-electron chi connectivity index (χ3n) is 2.85. The quantitative estimate of drug-likeness (QED) is 0.837. The maximum absolute atomic E-state index is 12.2. The second-order valence-corrected chi connectivity index (χ2v) is 6.18. The molecule has 3 nitrogen and oxygen atoms in total.